The monoisotopic (exact) mass is 310 g/mol. The molecule has 1 aliphatic rings. The van der Waals surface area contributed by atoms with E-state index in [-0.39, 0.29) is 5.91 Å². The highest BCUT2D eigenvalue weighted by atomic mass is 16.1. The normalized spacial score (nSPS) is 13.8. The topological polar surface area (TPSA) is 58.1 Å². The van der Waals surface area contributed by atoms with Crippen molar-refractivity contribution < 1.29 is 4.79 Å². The lowest BCUT2D eigenvalue weighted by atomic mass is 10.0. The van der Waals surface area contributed by atoms with E-state index in [9.17, 15) is 4.79 Å². The lowest BCUT2D eigenvalue weighted by Gasteiger charge is -2.29. The molecule has 1 aromatic heterocycles. The highest BCUT2D eigenvalue weighted by Gasteiger charge is 2.19. The first-order valence-electron chi connectivity index (χ1n) is 8.12. The molecule has 0 radical (unpaired) electrons. The fraction of sp³-hybridized carbons (Fsp3) is 0.389. The summed E-state index contributed by atoms with van der Waals surface area (Å²) in [4.78, 5) is 14.2. The molecule has 0 bridgehead atoms. The minimum Gasteiger partial charge on any atom is -0.350 e. The molecule has 120 valence electrons. The van der Waals surface area contributed by atoms with E-state index in [0.717, 1.165) is 25.2 Å². The summed E-state index contributed by atoms with van der Waals surface area (Å²) in [6.45, 7) is 5.68. The van der Waals surface area contributed by atoms with Gasteiger partial charge < -0.3 is 10.2 Å². The molecule has 5 nitrogen and oxygen atoms in total. The van der Waals surface area contributed by atoms with E-state index in [1.165, 1.54) is 11.3 Å². The zero-order valence-electron chi connectivity index (χ0n) is 13.6. The van der Waals surface area contributed by atoms with Crippen LogP contribution in [-0.4, -0.2) is 29.2 Å². The second-order valence-corrected chi connectivity index (χ2v) is 6.26. The number of aromatic nitrogens is 2. The first-order valence-corrected chi connectivity index (χ1v) is 8.12. The Hall–Kier alpha value is -2.43. The van der Waals surface area contributed by atoms with Crippen LogP contribution in [0.25, 0.3) is 0 Å². The Labute approximate surface area is 136 Å². The van der Waals surface area contributed by atoms with E-state index in [0.29, 0.717) is 18.2 Å². The number of carbonyl (C=O) groups excluding carboxylic acids is 1. The van der Waals surface area contributed by atoms with Crippen LogP contribution in [0.15, 0.2) is 36.4 Å². The molecule has 2 heterocycles. The molecule has 1 aromatic carbocycles. The van der Waals surface area contributed by atoms with Crippen molar-refractivity contribution in [3.05, 3.63) is 47.7 Å². The molecule has 1 N–H and O–H groups in total. The third kappa shape index (κ3) is 3.50. The molecule has 0 aliphatic carbocycles. The summed E-state index contributed by atoms with van der Waals surface area (Å²) in [5, 5.41) is 11.2. The molecule has 0 unspecified atom stereocenters. The molecule has 2 aromatic rings. The predicted octanol–water partition coefficient (Wildman–Crippen LogP) is 2.95. The zero-order valence-corrected chi connectivity index (χ0v) is 13.6. The van der Waals surface area contributed by atoms with E-state index < -0.39 is 0 Å². The molecule has 0 atom stereocenters. The Morgan fingerprint density at radius 3 is 2.78 bits per heavy atom. The van der Waals surface area contributed by atoms with Crippen molar-refractivity contribution in [3.8, 4) is 0 Å². The van der Waals surface area contributed by atoms with Gasteiger partial charge in [-0.3, -0.25) is 4.79 Å². The van der Waals surface area contributed by atoms with E-state index in [4.69, 9.17) is 0 Å². The number of aryl methyl sites for hydroxylation is 1. The molecule has 0 saturated heterocycles. The molecule has 0 spiro atoms. The van der Waals surface area contributed by atoms with E-state index in [2.05, 4.69) is 52.5 Å². The van der Waals surface area contributed by atoms with Gasteiger partial charge in [-0.15, -0.1) is 10.2 Å². The van der Waals surface area contributed by atoms with Gasteiger partial charge in [-0.25, -0.2) is 0 Å². The van der Waals surface area contributed by atoms with Gasteiger partial charge in [-0.1, -0.05) is 32.0 Å². The fourth-order valence-electron chi connectivity index (χ4n) is 2.75. The van der Waals surface area contributed by atoms with Gasteiger partial charge in [0.05, 0.1) is 0 Å². The van der Waals surface area contributed by atoms with Crippen molar-refractivity contribution >= 4 is 17.4 Å². The van der Waals surface area contributed by atoms with Crippen molar-refractivity contribution in [2.45, 2.75) is 26.7 Å². The maximum absolute atomic E-state index is 12.0. The van der Waals surface area contributed by atoms with Crippen molar-refractivity contribution in [2.24, 2.45) is 5.92 Å². The van der Waals surface area contributed by atoms with E-state index in [1.54, 1.807) is 6.07 Å². The van der Waals surface area contributed by atoms with Crippen LogP contribution < -0.4 is 10.2 Å². The Morgan fingerprint density at radius 1 is 1.22 bits per heavy atom. The van der Waals surface area contributed by atoms with Gasteiger partial charge in [0.25, 0.3) is 5.91 Å². The second kappa shape index (κ2) is 6.77. The van der Waals surface area contributed by atoms with Gasteiger partial charge in [-0.2, -0.15) is 0 Å². The van der Waals surface area contributed by atoms with Crippen LogP contribution in [0.4, 0.5) is 11.5 Å². The number of amides is 1. The number of rotatable bonds is 4. The molecule has 1 aliphatic heterocycles. The van der Waals surface area contributed by atoms with Gasteiger partial charge in [0, 0.05) is 18.8 Å². The minimum atomic E-state index is -0.170. The van der Waals surface area contributed by atoms with Crippen LogP contribution >= 0.6 is 0 Å². The molecule has 0 fully saturated rings. The van der Waals surface area contributed by atoms with E-state index >= 15 is 0 Å². The number of hydrogen-bond acceptors (Lipinski definition) is 4. The van der Waals surface area contributed by atoms with Crippen LogP contribution in [0.5, 0.6) is 0 Å². The predicted molar refractivity (Wildman–Crippen MR) is 91.0 cm³/mol. The van der Waals surface area contributed by atoms with Crippen molar-refractivity contribution in [3.63, 3.8) is 0 Å². The summed E-state index contributed by atoms with van der Waals surface area (Å²) in [7, 11) is 0. The maximum atomic E-state index is 12.0. The Morgan fingerprint density at radius 2 is 2.04 bits per heavy atom. The van der Waals surface area contributed by atoms with Crippen LogP contribution in [0.1, 0.15) is 36.3 Å². The second-order valence-electron chi connectivity index (χ2n) is 6.26. The number of hydrogen-bond donors (Lipinski definition) is 1. The van der Waals surface area contributed by atoms with Gasteiger partial charge in [0.1, 0.15) is 0 Å². The average molecular weight is 310 g/mol. The summed E-state index contributed by atoms with van der Waals surface area (Å²) < 4.78 is 0. The molecular weight excluding hydrogens is 288 g/mol. The molecule has 1 amide bonds. The number of anilines is 2. The summed E-state index contributed by atoms with van der Waals surface area (Å²) in [6, 6.07) is 12.0. The van der Waals surface area contributed by atoms with Crippen LogP contribution in [-0.2, 0) is 6.42 Å². The molecular formula is C18H22N4O. The third-order valence-electron chi connectivity index (χ3n) is 3.94. The third-order valence-corrected chi connectivity index (χ3v) is 3.94. The highest BCUT2D eigenvalue weighted by Crippen LogP contribution is 2.31. The number of carbonyl (C=O) groups is 1. The van der Waals surface area contributed by atoms with Crippen molar-refractivity contribution in [2.75, 3.05) is 18.0 Å². The smallest absolute Gasteiger partial charge is 0.271 e. The molecule has 3 rings (SSSR count). The minimum absolute atomic E-state index is 0.170. The Bertz CT molecular complexity index is 682. The summed E-state index contributed by atoms with van der Waals surface area (Å²) in [5.74, 6) is 1.03. The van der Waals surface area contributed by atoms with Crippen LogP contribution in [0.3, 0.4) is 0 Å². The Kier molecular flexibility index (Phi) is 4.55. The molecule has 0 saturated carbocycles. The summed E-state index contributed by atoms with van der Waals surface area (Å²) in [5.41, 5.74) is 2.88. The lowest BCUT2D eigenvalue weighted by Crippen LogP contribution is -2.29. The average Bonchev–Trinajstić information content (AvgIpc) is 2.59. The number of nitrogens with zero attached hydrogens (tertiary/aromatic N) is 3. The number of benzene rings is 1. The first kappa shape index (κ1) is 15.5. The SMILES string of the molecule is CC(C)CNC(=O)c1ccc(N2CCCc3ccccc32)nn1. The quantitative estimate of drug-likeness (QED) is 0.943. The highest BCUT2D eigenvalue weighted by molar-refractivity contribution is 5.92. The van der Waals surface area contributed by atoms with Gasteiger partial charge in [-0.05, 0) is 42.5 Å². The first-order chi connectivity index (χ1) is 11.1. The summed E-state index contributed by atoms with van der Waals surface area (Å²) in [6.07, 6.45) is 2.19. The Balaban J connectivity index is 1.77. The van der Waals surface area contributed by atoms with Gasteiger partial charge in [0.2, 0.25) is 0 Å². The number of fused-ring (bicyclic) bond motifs is 1. The van der Waals surface area contributed by atoms with Crippen LogP contribution in [0, 0.1) is 5.92 Å². The lowest BCUT2D eigenvalue weighted by molar-refractivity contribution is 0.0943. The van der Waals surface area contributed by atoms with Gasteiger partial charge >= 0.3 is 0 Å². The maximum Gasteiger partial charge on any atom is 0.271 e. The van der Waals surface area contributed by atoms with Crippen molar-refractivity contribution in [1.82, 2.24) is 15.5 Å². The van der Waals surface area contributed by atoms with Gasteiger partial charge in [0.15, 0.2) is 11.5 Å². The zero-order chi connectivity index (χ0) is 16.2. The largest absolute Gasteiger partial charge is 0.350 e. The molecule has 5 heteroatoms. The standard InChI is InChI=1S/C18H22N4O/c1-13(2)12-19-18(23)15-9-10-17(21-20-15)22-11-5-7-14-6-3-4-8-16(14)22/h3-4,6,8-10,13H,5,7,11-12H2,1-2H3,(H,19,23). The molecule has 23 heavy (non-hydrogen) atoms. The fourth-order valence-corrected chi connectivity index (χ4v) is 2.75. The summed E-state index contributed by atoms with van der Waals surface area (Å²) >= 11 is 0. The van der Waals surface area contributed by atoms with E-state index in [1.807, 2.05) is 12.1 Å². The van der Waals surface area contributed by atoms with Crippen LogP contribution in [0.2, 0.25) is 0 Å². The van der Waals surface area contributed by atoms with Crippen molar-refractivity contribution in [1.29, 1.82) is 0 Å². The number of nitrogens with one attached hydrogen (secondary N) is 1. The number of para-hydroxylation sites is 1.